The summed E-state index contributed by atoms with van der Waals surface area (Å²) in [5.41, 5.74) is -0.229. The van der Waals surface area contributed by atoms with Gasteiger partial charge in [-0.3, -0.25) is 9.36 Å². The van der Waals surface area contributed by atoms with E-state index in [4.69, 9.17) is 4.52 Å². The Balaban J connectivity index is 1.96. The van der Waals surface area contributed by atoms with Crippen molar-refractivity contribution in [2.24, 2.45) is 0 Å². The predicted octanol–water partition coefficient (Wildman–Crippen LogP) is 4.18. The van der Waals surface area contributed by atoms with Crippen LogP contribution in [0.5, 0.6) is 0 Å². The van der Waals surface area contributed by atoms with Gasteiger partial charge in [-0.15, -0.1) is 17.9 Å². The molecule has 0 fully saturated rings. The molecule has 3 heterocycles. The van der Waals surface area contributed by atoms with Gasteiger partial charge in [-0.25, -0.2) is 4.98 Å². The smallest absolute Gasteiger partial charge is 0.263 e. The molecule has 3 rings (SSSR count). The van der Waals surface area contributed by atoms with E-state index in [1.165, 1.54) is 23.1 Å². The summed E-state index contributed by atoms with van der Waals surface area (Å²) in [6.45, 7) is 12.2. The Morgan fingerprint density at radius 2 is 2.20 bits per heavy atom. The molecule has 8 heteroatoms. The lowest BCUT2D eigenvalue weighted by molar-refractivity contribution is 0.364. The molecule has 0 aliphatic carbocycles. The Morgan fingerprint density at radius 1 is 1.44 bits per heavy atom. The summed E-state index contributed by atoms with van der Waals surface area (Å²) in [6.07, 6.45) is 1.69. The summed E-state index contributed by atoms with van der Waals surface area (Å²) in [5.74, 6) is 1.20. The summed E-state index contributed by atoms with van der Waals surface area (Å²) in [6, 6.07) is 1.81. The van der Waals surface area contributed by atoms with Crippen LogP contribution in [0.25, 0.3) is 10.2 Å². The second-order valence-electron chi connectivity index (χ2n) is 6.70. The molecule has 0 N–H and O–H groups in total. The highest BCUT2D eigenvalue weighted by Crippen LogP contribution is 2.34. The Kier molecular flexibility index (Phi) is 4.83. The summed E-state index contributed by atoms with van der Waals surface area (Å²) in [7, 11) is 0. The van der Waals surface area contributed by atoms with E-state index in [-0.39, 0.29) is 16.2 Å². The van der Waals surface area contributed by atoms with Gasteiger partial charge in [0.25, 0.3) is 5.56 Å². The van der Waals surface area contributed by atoms with Crippen LogP contribution in [0.2, 0.25) is 0 Å². The molecule has 0 saturated carbocycles. The van der Waals surface area contributed by atoms with Crippen LogP contribution in [-0.4, -0.2) is 19.7 Å². The third kappa shape index (κ3) is 3.55. The van der Waals surface area contributed by atoms with Crippen LogP contribution in [0.4, 0.5) is 0 Å². The maximum Gasteiger partial charge on any atom is 0.263 e. The molecule has 0 aliphatic rings. The molecule has 3 aromatic heterocycles. The van der Waals surface area contributed by atoms with Crippen LogP contribution in [0.15, 0.2) is 38.6 Å². The number of aromatic nitrogens is 4. The highest BCUT2D eigenvalue weighted by molar-refractivity contribution is 7.99. The van der Waals surface area contributed by atoms with E-state index in [9.17, 15) is 4.79 Å². The van der Waals surface area contributed by atoms with Crippen molar-refractivity contribution >= 4 is 33.3 Å². The molecule has 1 atom stereocenters. The van der Waals surface area contributed by atoms with Gasteiger partial charge in [-0.2, -0.15) is 4.98 Å². The standard InChI is InChI=1S/C17H20N4O2S2/c1-6-8-21-14(22)11-7-9-24-13(11)19-16(21)25-10(2)12-18-15(20-23-12)17(3,4)5/h6-7,9-10H,1,8H2,2-5H3/t10-/m1/s1. The average Bonchev–Trinajstić information content (AvgIpc) is 3.19. The van der Waals surface area contributed by atoms with E-state index in [0.29, 0.717) is 28.8 Å². The fourth-order valence-electron chi connectivity index (χ4n) is 2.22. The Bertz CT molecular complexity index is 965. The monoisotopic (exact) mass is 376 g/mol. The van der Waals surface area contributed by atoms with Gasteiger partial charge >= 0.3 is 0 Å². The van der Waals surface area contributed by atoms with Crippen molar-refractivity contribution in [2.75, 3.05) is 0 Å². The highest BCUT2D eigenvalue weighted by atomic mass is 32.2. The largest absolute Gasteiger partial charge is 0.338 e. The topological polar surface area (TPSA) is 73.8 Å². The lowest BCUT2D eigenvalue weighted by Gasteiger charge is -2.13. The minimum atomic E-state index is -0.175. The molecule has 0 radical (unpaired) electrons. The number of fused-ring (bicyclic) bond motifs is 1. The lowest BCUT2D eigenvalue weighted by atomic mass is 9.96. The fraction of sp³-hybridized carbons (Fsp3) is 0.412. The van der Waals surface area contributed by atoms with E-state index < -0.39 is 0 Å². The summed E-state index contributed by atoms with van der Waals surface area (Å²) in [5, 5.41) is 7.09. The Hall–Kier alpha value is -1.93. The van der Waals surface area contributed by atoms with E-state index in [1.54, 1.807) is 16.7 Å². The van der Waals surface area contributed by atoms with Crippen LogP contribution in [-0.2, 0) is 12.0 Å². The number of hydrogen-bond acceptors (Lipinski definition) is 7. The maximum atomic E-state index is 12.7. The van der Waals surface area contributed by atoms with E-state index in [1.807, 2.05) is 33.1 Å². The number of allylic oxidation sites excluding steroid dienone is 1. The molecule has 0 aromatic carbocycles. The zero-order valence-corrected chi connectivity index (χ0v) is 16.3. The quantitative estimate of drug-likeness (QED) is 0.378. The second-order valence-corrected chi connectivity index (χ2v) is 8.91. The van der Waals surface area contributed by atoms with Gasteiger partial charge < -0.3 is 4.52 Å². The van der Waals surface area contributed by atoms with Crippen molar-refractivity contribution in [1.82, 2.24) is 19.7 Å². The third-order valence-electron chi connectivity index (χ3n) is 3.60. The van der Waals surface area contributed by atoms with Crippen molar-refractivity contribution in [3.63, 3.8) is 0 Å². The minimum Gasteiger partial charge on any atom is -0.338 e. The summed E-state index contributed by atoms with van der Waals surface area (Å²) < 4.78 is 7.04. The van der Waals surface area contributed by atoms with E-state index >= 15 is 0 Å². The second kappa shape index (κ2) is 6.76. The first-order valence-electron chi connectivity index (χ1n) is 7.91. The number of thiophene rings is 1. The Morgan fingerprint density at radius 3 is 2.84 bits per heavy atom. The van der Waals surface area contributed by atoms with Gasteiger partial charge in [0.2, 0.25) is 5.89 Å². The van der Waals surface area contributed by atoms with Crippen LogP contribution in [0.1, 0.15) is 44.7 Å². The molecule has 0 spiro atoms. The Labute approximate surface area is 154 Å². The van der Waals surface area contributed by atoms with Crippen molar-refractivity contribution in [3.8, 4) is 0 Å². The molecule has 0 aliphatic heterocycles. The van der Waals surface area contributed by atoms with Crippen LogP contribution >= 0.6 is 23.1 Å². The highest BCUT2D eigenvalue weighted by Gasteiger charge is 2.24. The zero-order chi connectivity index (χ0) is 18.2. The number of nitrogens with zero attached hydrogens (tertiary/aromatic N) is 4. The molecule has 0 bridgehead atoms. The molecule has 0 unspecified atom stereocenters. The lowest BCUT2D eigenvalue weighted by Crippen LogP contribution is -2.22. The molecule has 3 aromatic rings. The minimum absolute atomic E-state index is 0.0539. The molecule has 25 heavy (non-hydrogen) atoms. The van der Waals surface area contributed by atoms with Crippen molar-refractivity contribution in [2.45, 2.75) is 50.1 Å². The van der Waals surface area contributed by atoms with Gasteiger partial charge in [0, 0.05) is 12.0 Å². The normalized spacial score (nSPS) is 13.3. The fourth-order valence-corrected chi connectivity index (χ4v) is 3.98. The molecule has 0 saturated heterocycles. The third-order valence-corrected chi connectivity index (χ3v) is 5.49. The number of hydrogen-bond donors (Lipinski definition) is 0. The van der Waals surface area contributed by atoms with Gasteiger partial charge in [-0.1, -0.05) is 43.8 Å². The zero-order valence-electron chi connectivity index (χ0n) is 14.6. The van der Waals surface area contributed by atoms with E-state index in [0.717, 1.165) is 4.83 Å². The molecular weight excluding hydrogens is 356 g/mol. The average molecular weight is 377 g/mol. The van der Waals surface area contributed by atoms with Gasteiger partial charge in [0.05, 0.1) is 10.6 Å². The summed E-state index contributed by atoms with van der Waals surface area (Å²) in [4.78, 5) is 22.5. The number of rotatable bonds is 5. The van der Waals surface area contributed by atoms with Crippen LogP contribution < -0.4 is 5.56 Å². The van der Waals surface area contributed by atoms with E-state index in [2.05, 4.69) is 21.7 Å². The van der Waals surface area contributed by atoms with Gasteiger partial charge in [0.1, 0.15) is 4.83 Å². The number of thioether (sulfide) groups is 1. The first-order chi connectivity index (χ1) is 11.8. The van der Waals surface area contributed by atoms with Gasteiger partial charge in [0.15, 0.2) is 11.0 Å². The van der Waals surface area contributed by atoms with Crippen molar-refractivity contribution < 1.29 is 4.52 Å². The first kappa shape index (κ1) is 17.9. The molecule has 6 nitrogen and oxygen atoms in total. The SMILES string of the molecule is C=CCn1c(S[C@H](C)c2nc(C(C)(C)C)no2)nc2sccc2c1=O. The van der Waals surface area contributed by atoms with Crippen molar-refractivity contribution in [1.29, 1.82) is 0 Å². The van der Waals surface area contributed by atoms with Crippen molar-refractivity contribution in [3.05, 3.63) is 46.2 Å². The molecule has 132 valence electrons. The van der Waals surface area contributed by atoms with Crippen LogP contribution in [0.3, 0.4) is 0 Å². The van der Waals surface area contributed by atoms with Gasteiger partial charge in [-0.05, 0) is 18.4 Å². The molecule has 0 amide bonds. The summed E-state index contributed by atoms with van der Waals surface area (Å²) >= 11 is 2.89. The maximum absolute atomic E-state index is 12.7. The first-order valence-corrected chi connectivity index (χ1v) is 9.67. The predicted molar refractivity (Wildman–Crippen MR) is 101 cm³/mol. The molecular formula is C17H20N4O2S2. The van der Waals surface area contributed by atoms with Crippen LogP contribution in [0, 0.1) is 0 Å².